The molecule has 12 heavy (non-hydrogen) atoms. The maximum absolute atomic E-state index is 5.74. The van der Waals surface area contributed by atoms with E-state index in [9.17, 15) is 0 Å². The van der Waals surface area contributed by atoms with Gasteiger partial charge in [0.1, 0.15) is 0 Å². The Kier molecular flexibility index (Phi) is 1.24. The minimum Gasteiger partial charge on any atom is -0.397 e. The number of nitrogen functional groups attached to an aromatic ring is 2. The highest BCUT2D eigenvalue weighted by Gasteiger charge is 2.04. The predicted octanol–water partition coefficient (Wildman–Crippen LogP) is 1.04. The summed E-state index contributed by atoms with van der Waals surface area (Å²) in [5, 5.41) is 7.55. The number of hydrogen-bond acceptors (Lipinski definition) is 3. The number of benzene rings is 1. The molecule has 0 aliphatic carbocycles. The first-order valence-corrected chi connectivity index (χ1v) is 3.68. The molecule has 0 fully saturated rings. The van der Waals surface area contributed by atoms with E-state index < -0.39 is 0 Å². The van der Waals surface area contributed by atoms with Crippen LogP contribution in [0.5, 0.6) is 0 Å². The van der Waals surface area contributed by atoms with Gasteiger partial charge in [0.25, 0.3) is 0 Å². The molecule has 0 saturated heterocycles. The Hall–Kier alpha value is -1.71. The summed E-state index contributed by atoms with van der Waals surface area (Å²) in [7, 11) is 0. The normalized spacial score (nSPS) is 10.8. The Balaban J connectivity index is 2.92. The second-order valence-corrected chi connectivity index (χ2v) is 2.89. The Morgan fingerprint density at radius 1 is 1.33 bits per heavy atom. The minimum absolute atomic E-state index is 0.500. The quantitative estimate of drug-likeness (QED) is 0.506. The molecule has 1 aromatic heterocycles. The van der Waals surface area contributed by atoms with Gasteiger partial charge in [-0.15, -0.1) is 0 Å². The summed E-state index contributed by atoms with van der Waals surface area (Å²) in [6, 6.07) is 3.85. The first-order chi connectivity index (χ1) is 5.68. The largest absolute Gasteiger partial charge is 0.397 e. The van der Waals surface area contributed by atoms with Crippen molar-refractivity contribution in [3.05, 3.63) is 17.7 Å². The van der Waals surface area contributed by atoms with Crippen molar-refractivity contribution in [3.8, 4) is 0 Å². The molecular formula is C8H10N4. The summed E-state index contributed by atoms with van der Waals surface area (Å²) >= 11 is 0. The van der Waals surface area contributed by atoms with E-state index in [1.807, 2.05) is 19.1 Å². The van der Waals surface area contributed by atoms with E-state index in [2.05, 4.69) is 10.2 Å². The molecular weight excluding hydrogens is 152 g/mol. The minimum atomic E-state index is 0.500. The smallest absolute Gasteiger partial charge is 0.153 e. The monoisotopic (exact) mass is 162 g/mol. The molecule has 0 amide bonds. The Morgan fingerprint density at radius 3 is 2.83 bits per heavy atom. The van der Waals surface area contributed by atoms with E-state index in [4.69, 9.17) is 11.5 Å². The van der Waals surface area contributed by atoms with Crippen LogP contribution in [0.2, 0.25) is 0 Å². The average Bonchev–Trinajstić information content (AvgIpc) is 2.33. The number of nitrogens with one attached hydrogen (secondary N) is 1. The maximum atomic E-state index is 5.74. The van der Waals surface area contributed by atoms with E-state index >= 15 is 0 Å². The van der Waals surface area contributed by atoms with Gasteiger partial charge >= 0.3 is 0 Å². The fourth-order valence-corrected chi connectivity index (χ4v) is 1.32. The molecule has 1 aromatic carbocycles. The van der Waals surface area contributed by atoms with E-state index in [0.717, 1.165) is 16.5 Å². The SMILES string of the molecule is Cc1cc(N)c2[nH]nc(N)c2c1. The van der Waals surface area contributed by atoms with Crippen molar-refractivity contribution in [2.24, 2.45) is 0 Å². The first-order valence-electron chi connectivity index (χ1n) is 3.68. The van der Waals surface area contributed by atoms with Crippen molar-refractivity contribution in [1.82, 2.24) is 10.2 Å². The zero-order chi connectivity index (χ0) is 8.72. The molecule has 4 nitrogen and oxygen atoms in total. The standard InChI is InChI=1S/C8H10N4/c1-4-2-5-7(6(9)3-4)11-12-8(5)10/h2-3H,9H2,1H3,(H3,10,11,12). The maximum Gasteiger partial charge on any atom is 0.153 e. The van der Waals surface area contributed by atoms with Gasteiger partial charge in [-0.1, -0.05) is 0 Å². The molecule has 2 rings (SSSR count). The second kappa shape index (κ2) is 2.14. The number of anilines is 2. The number of nitrogens with two attached hydrogens (primary N) is 2. The number of H-pyrrole nitrogens is 1. The number of aromatic amines is 1. The number of nitrogens with zero attached hydrogens (tertiary/aromatic N) is 1. The number of aromatic nitrogens is 2. The van der Waals surface area contributed by atoms with E-state index in [-0.39, 0.29) is 0 Å². The van der Waals surface area contributed by atoms with Crippen LogP contribution < -0.4 is 11.5 Å². The van der Waals surface area contributed by atoms with E-state index in [1.165, 1.54) is 0 Å². The Bertz CT molecular complexity index is 430. The molecule has 0 aliphatic heterocycles. The molecule has 0 bridgehead atoms. The van der Waals surface area contributed by atoms with Gasteiger partial charge < -0.3 is 11.5 Å². The fourth-order valence-electron chi connectivity index (χ4n) is 1.32. The van der Waals surface area contributed by atoms with Gasteiger partial charge in [-0.25, -0.2) is 0 Å². The van der Waals surface area contributed by atoms with E-state index in [0.29, 0.717) is 11.5 Å². The van der Waals surface area contributed by atoms with Crippen LogP contribution in [0.3, 0.4) is 0 Å². The highest BCUT2D eigenvalue weighted by molar-refractivity contribution is 5.96. The Labute approximate surface area is 69.6 Å². The van der Waals surface area contributed by atoms with Crippen molar-refractivity contribution in [3.63, 3.8) is 0 Å². The van der Waals surface area contributed by atoms with Crippen LogP contribution in [-0.4, -0.2) is 10.2 Å². The van der Waals surface area contributed by atoms with Crippen molar-refractivity contribution >= 4 is 22.4 Å². The fraction of sp³-hybridized carbons (Fsp3) is 0.125. The molecule has 4 heteroatoms. The van der Waals surface area contributed by atoms with Gasteiger partial charge in [0.15, 0.2) is 5.82 Å². The predicted molar refractivity (Wildman–Crippen MR) is 49.7 cm³/mol. The van der Waals surface area contributed by atoms with Crippen molar-refractivity contribution < 1.29 is 0 Å². The summed E-state index contributed by atoms with van der Waals surface area (Å²) in [6.45, 7) is 1.97. The number of fused-ring (bicyclic) bond motifs is 1. The number of hydrogen-bond donors (Lipinski definition) is 3. The van der Waals surface area contributed by atoms with Crippen LogP contribution in [0, 0.1) is 6.92 Å². The van der Waals surface area contributed by atoms with Crippen LogP contribution >= 0.6 is 0 Å². The van der Waals surface area contributed by atoms with Gasteiger partial charge in [-0.2, -0.15) is 5.10 Å². The lowest BCUT2D eigenvalue weighted by atomic mass is 10.1. The number of rotatable bonds is 0. The first kappa shape index (κ1) is 6.97. The van der Waals surface area contributed by atoms with Gasteiger partial charge in [0.2, 0.25) is 0 Å². The van der Waals surface area contributed by atoms with E-state index in [1.54, 1.807) is 0 Å². The van der Waals surface area contributed by atoms with Crippen LogP contribution in [0.4, 0.5) is 11.5 Å². The van der Waals surface area contributed by atoms with Crippen LogP contribution in [0.1, 0.15) is 5.56 Å². The summed E-state index contributed by atoms with van der Waals surface area (Å²) in [6.07, 6.45) is 0. The second-order valence-electron chi connectivity index (χ2n) is 2.89. The third kappa shape index (κ3) is 0.812. The van der Waals surface area contributed by atoms with Crippen molar-refractivity contribution in [1.29, 1.82) is 0 Å². The summed E-state index contributed by atoms with van der Waals surface area (Å²) in [5.41, 5.74) is 14.0. The van der Waals surface area contributed by atoms with Crippen LogP contribution in [-0.2, 0) is 0 Å². The molecule has 2 aromatic rings. The average molecular weight is 162 g/mol. The molecule has 62 valence electrons. The van der Waals surface area contributed by atoms with Crippen molar-refractivity contribution in [2.45, 2.75) is 6.92 Å². The van der Waals surface area contributed by atoms with Crippen LogP contribution in [0.15, 0.2) is 12.1 Å². The van der Waals surface area contributed by atoms with Gasteiger partial charge in [-0.3, -0.25) is 5.10 Å². The lowest BCUT2D eigenvalue weighted by Crippen LogP contribution is -1.88. The lowest BCUT2D eigenvalue weighted by molar-refractivity contribution is 1.13. The van der Waals surface area contributed by atoms with Crippen LogP contribution in [0.25, 0.3) is 10.9 Å². The molecule has 0 atom stereocenters. The molecule has 0 saturated carbocycles. The summed E-state index contributed by atoms with van der Waals surface area (Å²) < 4.78 is 0. The molecule has 1 heterocycles. The highest BCUT2D eigenvalue weighted by Crippen LogP contribution is 2.24. The summed E-state index contributed by atoms with van der Waals surface area (Å²) in [4.78, 5) is 0. The third-order valence-corrected chi connectivity index (χ3v) is 1.88. The van der Waals surface area contributed by atoms with Gasteiger partial charge in [0, 0.05) is 5.39 Å². The molecule has 0 spiro atoms. The van der Waals surface area contributed by atoms with Gasteiger partial charge in [0.05, 0.1) is 11.2 Å². The topological polar surface area (TPSA) is 80.7 Å². The molecule has 5 N–H and O–H groups in total. The molecule has 0 unspecified atom stereocenters. The zero-order valence-corrected chi connectivity index (χ0v) is 6.76. The highest BCUT2D eigenvalue weighted by atomic mass is 15.2. The Morgan fingerprint density at radius 2 is 2.08 bits per heavy atom. The van der Waals surface area contributed by atoms with Crippen molar-refractivity contribution in [2.75, 3.05) is 11.5 Å². The lowest BCUT2D eigenvalue weighted by Gasteiger charge is -1.97. The molecule has 0 aliphatic rings. The molecule has 0 radical (unpaired) electrons. The third-order valence-electron chi connectivity index (χ3n) is 1.88. The zero-order valence-electron chi connectivity index (χ0n) is 6.76. The summed E-state index contributed by atoms with van der Waals surface area (Å²) in [5.74, 6) is 0.500. The number of aryl methyl sites for hydroxylation is 1. The van der Waals surface area contributed by atoms with Gasteiger partial charge in [-0.05, 0) is 24.6 Å².